The molecule has 5 nitrogen and oxygen atoms in total. The molecule has 0 radical (unpaired) electrons. The van der Waals surface area contributed by atoms with Gasteiger partial charge in [0.2, 0.25) is 5.91 Å². The summed E-state index contributed by atoms with van der Waals surface area (Å²) in [7, 11) is 1.86. The second kappa shape index (κ2) is 6.61. The predicted octanol–water partition coefficient (Wildman–Crippen LogP) is 2.81. The Labute approximate surface area is 142 Å². The lowest BCUT2D eigenvalue weighted by Gasteiger charge is -2.45. The fourth-order valence-corrected chi connectivity index (χ4v) is 2.89. The summed E-state index contributed by atoms with van der Waals surface area (Å²) in [5, 5.41) is 4.11. The number of aryl methyl sites for hydroxylation is 1. The molecule has 2 heterocycles. The SMILES string of the molecule is Cn1cc(/C=C\C(=O)N2C[C@H](c3ccccc3)OCC2(C)C)cn1. The maximum absolute atomic E-state index is 12.7. The average Bonchev–Trinajstić information content (AvgIpc) is 2.99. The molecule has 1 fully saturated rings. The highest BCUT2D eigenvalue weighted by Gasteiger charge is 2.37. The summed E-state index contributed by atoms with van der Waals surface area (Å²) in [5.74, 6) is -0.00640. The van der Waals surface area contributed by atoms with Crippen molar-refractivity contribution in [3.05, 3.63) is 59.9 Å². The van der Waals surface area contributed by atoms with E-state index in [0.29, 0.717) is 13.2 Å². The first-order valence-electron chi connectivity index (χ1n) is 8.10. The second-order valence-corrected chi connectivity index (χ2v) is 6.75. The van der Waals surface area contributed by atoms with E-state index in [1.165, 1.54) is 0 Å². The largest absolute Gasteiger partial charge is 0.369 e. The highest BCUT2D eigenvalue weighted by Crippen LogP contribution is 2.30. The molecule has 2 aromatic rings. The van der Waals surface area contributed by atoms with Gasteiger partial charge in [-0.3, -0.25) is 9.48 Å². The summed E-state index contributed by atoms with van der Waals surface area (Å²) < 4.78 is 7.71. The van der Waals surface area contributed by atoms with Crippen LogP contribution in [0.25, 0.3) is 6.08 Å². The monoisotopic (exact) mass is 325 g/mol. The maximum atomic E-state index is 12.7. The summed E-state index contributed by atoms with van der Waals surface area (Å²) in [4.78, 5) is 14.6. The molecule has 0 unspecified atom stereocenters. The van der Waals surface area contributed by atoms with Gasteiger partial charge in [0, 0.05) is 24.9 Å². The normalized spacial score (nSPS) is 20.5. The molecule has 1 aromatic carbocycles. The fourth-order valence-electron chi connectivity index (χ4n) is 2.89. The Hall–Kier alpha value is -2.40. The number of hydrogen-bond donors (Lipinski definition) is 0. The van der Waals surface area contributed by atoms with Crippen LogP contribution in [0.4, 0.5) is 0 Å². The van der Waals surface area contributed by atoms with Crippen molar-refractivity contribution in [1.29, 1.82) is 0 Å². The zero-order valence-corrected chi connectivity index (χ0v) is 14.3. The number of nitrogens with zero attached hydrogens (tertiary/aromatic N) is 3. The van der Waals surface area contributed by atoms with E-state index in [1.807, 2.05) is 62.3 Å². The quantitative estimate of drug-likeness (QED) is 0.815. The standard InChI is InChI=1S/C19H23N3O2/c1-19(2)14-24-17(16-7-5-4-6-8-16)13-22(19)18(23)10-9-15-11-20-21(3)12-15/h4-12,17H,13-14H2,1-3H3/b10-9-/t17-/m1/s1. The van der Waals surface area contributed by atoms with Crippen LogP contribution in [0.2, 0.25) is 0 Å². The molecule has 24 heavy (non-hydrogen) atoms. The zero-order valence-electron chi connectivity index (χ0n) is 14.3. The Morgan fingerprint density at radius 3 is 2.75 bits per heavy atom. The minimum absolute atomic E-state index is 0.00640. The molecule has 5 heteroatoms. The summed E-state index contributed by atoms with van der Waals surface area (Å²) in [6.07, 6.45) is 6.95. The van der Waals surface area contributed by atoms with Gasteiger partial charge in [-0.2, -0.15) is 5.10 Å². The fraction of sp³-hybridized carbons (Fsp3) is 0.368. The topological polar surface area (TPSA) is 47.4 Å². The molecule has 1 atom stereocenters. The number of amides is 1. The van der Waals surface area contributed by atoms with Crippen molar-refractivity contribution >= 4 is 12.0 Å². The molecular formula is C19H23N3O2. The third-order valence-corrected chi connectivity index (χ3v) is 4.30. The number of hydrogen-bond acceptors (Lipinski definition) is 3. The highest BCUT2D eigenvalue weighted by molar-refractivity contribution is 5.92. The summed E-state index contributed by atoms with van der Waals surface area (Å²) in [5.41, 5.74) is 1.68. The Morgan fingerprint density at radius 2 is 2.08 bits per heavy atom. The van der Waals surface area contributed by atoms with E-state index < -0.39 is 0 Å². The number of benzene rings is 1. The molecule has 1 aliphatic heterocycles. The van der Waals surface area contributed by atoms with Crippen molar-refractivity contribution in [2.75, 3.05) is 13.2 Å². The molecule has 1 saturated heterocycles. The van der Waals surface area contributed by atoms with Crippen LogP contribution in [0.5, 0.6) is 0 Å². The van der Waals surface area contributed by atoms with Gasteiger partial charge in [0.15, 0.2) is 0 Å². The maximum Gasteiger partial charge on any atom is 0.247 e. The van der Waals surface area contributed by atoms with E-state index in [1.54, 1.807) is 23.0 Å². The molecule has 0 N–H and O–H groups in total. The first-order valence-corrected chi connectivity index (χ1v) is 8.10. The van der Waals surface area contributed by atoms with Gasteiger partial charge in [0.25, 0.3) is 0 Å². The zero-order chi connectivity index (χ0) is 17.2. The minimum atomic E-state index is -0.332. The van der Waals surface area contributed by atoms with Crippen LogP contribution in [0.3, 0.4) is 0 Å². The molecule has 0 bridgehead atoms. The van der Waals surface area contributed by atoms with Crippen molar-refractivity contribution in [2.45, 2.75) is 25.5 Å². The van der Waals surface area contributed by atoms with Crippen LogP contribution in [-0.4, -0.2) is 39.3 Å². The Bertz CT molecular complexity index is 734. The van der Waals surface area contributed by atoms with Gasteiger partial charge in [-0.25, -0.2) is 0 Å². The van der Waals surface area contributed by atoms with Gasteiger partial charge in [0.1, 0.15) is 6.10 Å². The first-order chi connectivity index (χ1) is 11.5. The summed E-state index contributed by atoms with van der Waals surface area (Å²) in [6.45, 7) is 5.13. The third kappa shape index (κ3) is 3.57. The van der Waals surface area contributed by atoms with E-state index in [-0.39, 0.29) is 17.6 Å². The second-order valence-electron chi connectivity index (χ2n) is 6.75. The number of ether oxygens (including phenoxy) is 1. The number of carbonyl (C=O) groups excluding carboxylic acids is 1. The molecule has 1 amide bonds. The lowest BCUT2D eigenvalue weighted by molar-refractivity contribution is -0.149. The highest BCUT2D eigenvalue weighted by atomic mass is 16.5. The molecule has 1 aromatic heterocycles. The van der Waals surface area contributed by atoms with Crippen molar-refractivity contribution in [1.82, 2.24) is 14.7 Å². The van der Waals surface area contributed by atoms with Gasteiger partial charge in [-0.1, -0.05) is 30.3 Å². The van der Waals surface area contributed by atoms with Crippen molar-refractivity contribution < 1.29 is 9.53 Å². The van der Waals surface area contributed by atoms with Gasteiger partial charge >= 0.3 is 0 Å². The lowest BCUT2D eigenvalue weighted by Crippen LogP contribution is -2.55. The molecular weight excluding hydrogens is 302 g/mol. The van der Waals surface area contributed by atoms with Crippen LogP contribution in [0, 0.1) is 0 Å². The molecule has 126 valence electrons. The van der Waals surface area contributed by atoms with E-state index in [4.69, 9.17) is 4.74 Å². The van der Waals surface area contributed by atoms with Gasteiger partial charge in [-0.05, 0) is 25.5 Å². The number of aromatic nitrogens is 2. The van der Waals surface area contributed by atoms with E-state index >= 15 is 0 Å². The van der Waals surface area contributed by atoms with Crippen molar-refractivity contribution in [2.24, 2.45) is 7.05 Å². The van der Waals surface area contributed by atoms with Crippen molar-refractivity contribution in [3.8, 4) is 0 Å². The predicted molar refractivity (Wildman–Crippen MR) is 93.2 cm³/mol. The van der Waals surface area contributed by atoms with Crippen LogP contribution in [-0.2, 0) is 16.6 Å². The van der Waals surface area contributed by atoms with E-state index in [9.17, 15) is 4.79 Å². The van der Waals surface area contributed by atoms with Gasteiger partial charge < -0.3 is 9.64 Å². The van der Waals surface area contributed by atoms with Gasteiger partial charge in [0.05, 0.1) is 24.9 Å². The van der Waals surface area contributed by atoms with E-state index in [0.717, 1.165) is 11.1 Å². The number of rotatable bonds is 3. The minimum Gasteiger partial charge on any atom is -0.369 e. The summed E-state index contributed by atoms with van der Waals surface area (Å²) in [6, 6.07) is 10.0. The number of morpholine rings is 1. The van der Waals surface area contributed by atoms with Crippen LogP contribution >= 0.6 is 0 Å². The summed E-state index contributed by atoms with van der Waals surface area (Å²) >= 11 is 0. The first kappa shape index (κ1) is 16.5. The van der Waals surface area contributed by atoms with Crippen LogP contribution in [0.1, 0.15) is 31.1 Å². The van der Waals surface area contributed by atoms with Gasteiger partial charge in [-0.15, -0.1) is 0 Å². The van der Waals surface area contributed by atoms with Crippen LogP contribution < -0.4 is 0 Å². The third-order valence-electron chi connectivity index (χ3n) is 4.30. The lowest BCUT2D eigenvalue weighted by atomic mass is 9.98. The Morgan fingerprint density at radius 1 is 1.33 bits per heavy atom. The van der Waals surface area contributed by atoms with E-state index in [2.05, 4.69) is 5.10 Å². The molecule has 0 spiro atoms. The smallest absolute Gasteiger partial charge is 0.247 e. The number of carbonyl (C=O) groups is 1. The van der Waals surface area contributed by atoms with Crippen LogP contribution in [0.15, 0.2) is 48.8 Å². The molecule has 1 aliphatic rings. The Balaban J connectivity index is 1.75. The molecule has 3 rings (SSSR count). The molecule has 0 aliphatic carbocycles. The van der Waals surface area contributed by atoms with Crippen molar-refractivity contribution in [3.63, 3.8) is 0 Å². The average molecular weight is 325 g/mol. The molecule has 0 saturated carbocycles. The Kier molecular flexibility index (Phi) is 4.53.